The van der Waals surface area contributed by atoms with Gasteiger partial charge in [0.25, 0.3) is 5.91 Å². The predicted octanol–water partition coefficient (Wildman–Crippen LogP) is 3.10. The summed E-state index contributed by atoms with van der Waals surface area (Å²) >= 11 is 6.21. The van der Waals surface area contributed by atoms with Gasteiger partial charge in [0, 0.05) is 31.4 Å². The number of anilines is 2. The van der Waals surface area contributed by atoms with E-state index in [2.05, 4.69) is 10.0 Å². The largest absolute Gasteiger partial charge is 0.376 e. The predicted molar refractivity (Wildman–Crippen MR) is 104 cm³/mol. The van der Waals surface area contributed by atoms with Gasteiger partial charge in [-0.3, -0.25) is 4.79 Å². The number of benzene rings is 2. The van der Waals surface area contributed by atoms with Gasteiger partial charge >= 0.3 is 0 Å². The average molecular weight is 394 g/mol. The molecule has 2 N–H and O–H groups in total. The lowest BCUT2D eigenvalue weighted by Crippen LogP contribution is -2.26. The van der Waals surface area contributed by atoms with Crippen LogP contribution < -0.4 is 14.9 Å². The second-order valence-corrected chi connectivity index (χ2v) is 8.56. The first-order chi connectivity index (χ1) is 12.3. The van der Waals surface area contributed by atoms with Crippen LogP contribution in [0.5, 0.6) is 0 Å². The van der Waals surface area contributed by atoms with E-state index in [4.69, 9.17) is 11.6 Å². The summed E-state index contributed by atoms with van der Waals surface area (Å²) in [7, 11) is 0.148. The fourth-order valence-corrected chi connectivity index (χ4v) is 4.14. The van der Waals surface area contributed by atoms with Crippen molar-refractivity contribution in [2.75, 3.05) is 24.3 Å². The molecule has 2 aromatic rings. The van der Waals surface area contributed by atoms with Crippen LogP contribution in [0.2, 0.25) is 5.02 Å². The zero-order valence-electron chi connectivity index (χ0n) is 14.5. The monoisotopic (exact) mass is 393 g/mol. The highest BCUT2D eigenvalue weighted by molar-refractivity contribution is 7.89. The molecule has 1 aliphatic carbocycles. The van der Waals surface area contributed by atoms with E-state index in [-0.39, 0.29) is 16.5 Å². The lowest BCUT2D eigenvalue weighted by molar-refractivity contribution is 0.102. The van der Waals surface area contributed by atoms with Crippen LogP contribution in [0.1, 0.15) is 23.2 Å². The maximum atomic E-state index is 12.5. The Hall–Kier alpha value is -2.09. The lowest BCUT2D eigenvalue weighted by Gasteiger charge is -2.15. The standard InChI is InChI=1S/C18H20ClN3O3S/c1-22(2)17-9-8-14(11-16(17)19)20-18(23)12-4-3-5-15(10-12)26(24,25)21-13-6-7-13/h3-5,8-11,13,21H,6-7H2,1-2H3,(H,20,23). The fourth-order valence-electron chi connectivity index (χ4n) is 2.44. The highest BCUT2D eigenvalue weighted by Gasteiger charge is 2.28. The van der Waals surface area contributed by atoms with Crippen LogP contribution in [-0.4, -0.2) is 34.5 Å². The molecule has 138 valence electrons. The van der Waals surface area contributed by atoms with Crippen LogP contribution >= 0.6 is 11.6 Å². The van der Waals surface area contributed by atoms with Crippen molar-refractivity contribution in [1.82, 2.24) is 4.72 Å². The lowest BCUT2D eigenvalue weighted by atomic mass is 10.2. The molecule has 0 heterocycles. The third-order valence-corrected chi connectivity index (χ3v) is 5.81. The quantitative estimate of drug-likeness (QED) is 0.790. The van der Waals surface area contributed by atoms with Crippen LogP contribution in [0.15, 0.2) is 47.4 Å². The third-order valence-electron chi connectivity index (χ3n) is 3.99. The summed E-state index contributed by atoms with van der Waals surface area (Å²) in [4.78, 5) is 14.4. The molecule has 26 heavy (non-hydrogen) atoms. The summed E-state index contributed by atoms with van der Waals surface area (Å²) < 4.78 is 27.2. The molecule has 0 radical (unpaired) electrons. The summed E-state index contributed by atoms with van der Waals surface area (Å²) in [5, 5.41) is 3.25. The van der Waals surface area contributed by atoms with Crippen molar-refractivity contribution in [3.05, 3.63) is 53.1 Å². The van der Waals surface area contributed by atoms with Gasteiger partial charge in [-0.2, -0.15) is 0 Å². The summed E-state index contributed by atoms with van der Waals surface area (Å²) in [6.45, 7) is 0. The van der Waals surface area contributed by atoms with Gasteiger partial charge in [0.2, 0.25) is 10.0 Å². The summed E-state index contributed by atoms with van der Waals surface area (Å²) in [5.74, 6) is -0.401. The summed E-state index contributed by atoms with van der Waals surface area (Å²) in [6.07, 6.45) is 1.70. The topological polar surface area (TPSA) is 78.5 Å². The molecule has 3 rings (SSSR count). The SMILES string of the molecule is CN(C)c1ccc(NC(=O)c2cccc(S(=O)(=O)NC3CC3)c2)cc1Cl. The first-order valence-corrected chi connectivity index (χ1v) is 10.0. The Kier molecular flexibility index (Phi) is 5.22. The number of halogens is 1. The Morgan fingerprint density at radius 1 is 1.15 bits per heavy atom. The van der Waals surface area contributed by atoms with E-state index in [9.17, 15) is 13.2 Å². The number of carbonyl (C=O) groups is 1. The molecule has 0 bridgehead atoms. The zero-order valence-corrected chi connectivity index (χ0v) is 16.1. The zero-order chi connectivity index (χ0) is 18.9. The van der Waals surface area contributed by atoms with Crippen molar-refractivity contribution in [1.29, 1.82) is 0 Å². The molecular weight excluding hydrogens is 374 g/mol. The van der Waals surface area contributed by atoms with E-state index in [1.807, 2.05) is 19.0 Å². The number of sulfonamides is 1. The van der Waals surface area contributed by atoms with Crippen LogP contribution in [0.25, 0.3) is 0 Å². The minimum absolute atomic E-state index is 0.00911. The smallest absolute Gasteiger partial charge is 0.255 e. The highest BCUT2D eigenvalue weighted by atomic mass is 35.5. The van der Waals surface area contributed by atoms with Crippen molar-refractivity contribution in [2.45, 2.75) is 23.8 Å². The molecule has 0 aromatic heterocycles. The summed E-state index contributed by atoms with van der Waals surface area (Å²) in [5.41, 5.74) is 1.63. The van der Waals surface area contributed by atoms with E-state index >= 15 is 0 Å². The second-order valence-electron chi connectivity index (χ2n) is 6.44. The van der Waals surface area contributed by atoms with Gasteiger partial charge in [-0.1, -0.05) is 17.7 Å². The van der Waals surface area contributed by atoms with Gasteiger partial charge in [-0.15, -0.1) is 0 Å². The molecule has 2 aromatic carbocycles. The molecule has 6 nitrogen and oxygen atoms in total. The van der Waals surface area contributed by atoms with Gasteiger partial charge in [-0.25, -0.2) is 13.1 Å². The number of carbonyl (C=O) groups excluding carboxylic acids is 1. The first kappa shape index (κ1) is 18.7. The minimum atomic E-state index is -3.60. The first-order valence-electron chi connectivity index (χ1n) is 8.17. The van der Waals surface area contributed by atoms with Crippen molar-refractivity contribution in [2.24, 2.45) is 0 Å². The van der Waals surface area contributed by atoms with Crippen LogP contribution in [0.4, 0.5) is 11.4 Å². The Morgan fingerprint density at radius 2 is 1.88 bits per heavy atom. The molecule has 8 heteroatoms. The Bertz CT molecular complexity index is 940. The van der Waals surface area contributed by atoms with Gasteiger partial charge in [0.05, 0.1) is 15.6 Å². The fraction of sp³-hybridized carbons (Fsp3) is 0.278. The number of nitrogens with one attached hydrogen (secondary N) is 2. The number of hydrogen-bond donors (Lipinski definition) is 2. The van der Waals surface area contributed by atoms with Gasteiger partial charge < -0.3 is 10.2 Å². The van der Waals surface area contributed by atoms with Crippen molar-refractivity contribution < 1.29 is 13.2 Å². The number of hydrogen-bond acceptors (Lipinski definition) is 4. The highest BCUT2D eigenvalue weighted by Crippen LogP contribution is 2.28. The van der Waals surface area contributed by atoms with Crippen molar-refractivity contribution in [3.8, 4) is 0 Å². The third kappa shape index (κ3) is 4.35. The Balaban J connectivity index is 1.78. The van der Waals surface area contributed by atoms with Crippen LogP contribution in [0.3, 0.4) is 0 Å². The molecule has 0 spiro atoms. The van der Waals surface area contributed by atoms with Crippen molar-refractivity contribution in [3.63, 3.8) is 0 Å². The van der Waals surface area contributed by atoms with Gasteiger partial charge in [0.15, 0.2) is 0 Å². The van der Waals surface area contributed by atoms with E-state index < -0.39 is 15.9 Å². The second kappa shape index (κ2) is 7.26. The minimum Gasteiger partial charge on any atom is -0.376 e. The molecule has 1 aliphatic rings. The Morgan fingerprint density at radius 3 is 2.50 bits per heavy atom. The molecule has 0 unspecified atom stereocenters. The maximum absolute atomic E-state index is 12.5. The van der Waals surface area contributed by atoms with E-state index in [0.717, 1.165) is 18.5 Å². The molecule has 0 aliphatic heterocycles. The number of nitrogens with zero attached hydrogens (tertiary/aromatic N) is 1. The molecule has 0 saturated heterocycles. The molecule has 1 fully saturated rings. The van der Waals surface area contributed by atoms with E-state index in [1.165, 1.54) is 12.1 Å². The number of rotatable bonds is 6. The summed E-state index contributed by atoms with van der Waals surface area (Å²) in [6, 6.07) is 11.2. The Labute approximate surface area is 158 Å². The normalized spacial score (nSPS) is 14.1. The average Bonchev–Trinajstić information content (AvgIpc) is 3.38. The molecule has 1 amide bonds. The van der Waals surface area contributed by atoms with Crippen LogP contribution in [0, 0.1) is 0 Å². The van der Waals surface area contributed by atoms with Gasteiger partial charge in [0.1, 0.15) is 0 Å². The maximum Gasteiger partial charge on any atom is 0.255 e. The molecule has 1 saturated carbocycles. The molecule has 0 atom stereocenters. The van der Waals surface area contributed by atoms with Gasteiger partial charge in [-0.05, 0) is 49.2 Å². The van der Waals surface area contributed by atoms with E-state index in [1.54, 1.807) is 30.3 Å². The number of amides is 1. The molecular formula is C18H20ClN3O3S. The van der Waals surface area contributed by atoms with Crippen LogP contribution in [-0.2, 0) is 10.0 Å². The van der Waals surface area contributed by atoms with Crippen molar-refractivity contribution >= 4 is 38.9 Å². The van der Waals surface area contributed by atoms with E-state index in [0.29, 0.717) is 10.7 Å².